The average molecular weight is 442 g/mol. The molecule has 3 rings (SSSR count). The highest BCUT2D eigenvalue weighted by atomic mass is 32.1. The molecule has 6 nitrogen and oxygen atoms in total. The van der Waals surface area contributed by atoms with Crippen LogP contribution >= 0.6 is 11.3 Å². The van der Waals surface area contributed by atoms with Crippen LogP contribution in [0.1, 0.15) is 27.1 Å². The van der Waals surface area contributed by atoms with Gasteiger partial charge in [0, 0.05) is 37.8 Å². The predicted molar refractivity (Wildman–Crippen MR) is 112 cm³/mol. The summed E-state index contributed by atoms with van der Waals surface area (Å²) in [6.45, 7) is 5.71. The third-order valence-corrected chi connectivity index (χ3v) is 5.78. The van der Waals surface area contributed by atoms with E-state index in [2.05, 4.69) is 25.5 Å². The van der Waals surface area contributed by atoms with Crippen molar-refractivity contribution in [3.63, 3.8) is 0 Å². The van der Waals surface area contributed by atoms with Crippen LogP contribution in [0.25, 0.3) is 0 Å². The van der Waals surface area contributed by atoms with Gasteiger partial charge in [0.05, 0.1) is 31.4 Å². The second-order valence-electron chi connectivity index (χ2n) is 6.96. The lowest BCUT2D eigenvalue weighted by Crippen LogP contribution is -2.46. The van der Waals surface area contributed by atoms with Crippen LogP contribution in [0.4, 0.5) is 13.2 Å². The van der Waals surface area contributed by atoms with Crippen molar-refractivity contribution in [3.05, 3.63) is 51.5 Å². The van der Waals surface area contributed by atoms with Crippen molar-refractivity contribution < 1.29 is 17.9 Å². The second-order valence-corrected chi connectivity index (χ2v) is 8.27. The smallest absolute Gasteiger partial charge is 0.379 e. The summed E-state index contributed by atoms with van der Waals surface area (Å²) in [5, 5.41) is 7.49. The fraction of sp³-hybridized carbons (Fsp3) is 0.500. The minimum Gasteiger partial charge on any atom is -0.379 e. The molecule has 0 amide bonds. The fourth-order valence-electron chi connectivity index (χ4n) is 3.30. The zero-order valence-electron chi connectivity index (χ0n) is 17.0. The number of rotatable bonds is 6. The summed E-state index contributed by atoms with van der Waals surface area (Å²) in [5.41, 5.74) is 0.180. The minimum absolute atomic E-state index is 0.100. The molecule has 2 aromatic rings. The van der Waals surface area contributed by atoms with Crippen LogP contribution in [0.2, 0.25) is 0 Å². The third-order valence-electron chi connectivity index (χ3n) is 4.87. The number of halogens is 3. The van der Waals surface area contributed by atoms with E-state index in [0.717, 1.165) is 40.7 Å². The third kappa shape index (κ3) is 6.16. The molecule has 0 bridgehead atoms. The molecular weight excluding hydrogens is 415 g/mol. The van der Waals surface area contributed by atoms with Crippen LogP contribution in [-0.2, 0) is 17.5 Å². The van der Waals surface area contributed by atoms with Gasteiger partial charge < -0.3 is 15.4 Å². The summed E-state index contributed by atoms with van der Waals surface area (Å²) in [7, 11) is 1.68. The van der Waals surface area contributed by atoms with Gasteiger partial charge >= 0.3 is 6.18 Å². The number of aromatic nitrogens is 1. The molecule has 1 unspecified atom stereocenters. The van der Waals surface area contributed by atoms with Crippen molar-refractivity contribution in [1.29, 1.82) is 0 Å². The van der Waals surface area contributed by atoms with Crippen molar-refractivity contribution in [1.82, 2.24) is 20.5 Å². The fourth-order valence-corrected chi connectivity index (χ4v) is 4.02. The highest BCUT2D eigenvalue weighted by Crippen LogP contribution is 2.31. The Morgan fingerprint density at radius 1 is 1.23 bits per heavy atom. The Balaban J connectivity index is 1.67. The molecular formula is C20H26F3N5OS. The van der Waals surface area contributed by atoms with Crippen molar-refractivity contribution in [3.8, 4) is 0 Å². The largest absolute Gasteiger partial charge is 0.416 e. The Hall–Kier alpha value is -2.17. The molecule has 30 heavy (non-hydrogen) atoms. The Kier molecular flexibility index (Phi) is 7.68. The van der Waals surface area contributed by atoms with Crippen LogP contribution < -0.4 is 10.6 Å². The number of alkyl halides is 3. The van der Waals surface area contributed by atoms with Crippen molar-refractivity contribution in [2.24, 2.45) is 4.99 Å². The molecule has 1 aliphatic rings. The lowest BCUT2D eigenvalue weighted by atomic mass is 10.0. The number of ether oxygens (including phenoxy) is 1. The van der Waals surface area contributed by atoms with Gasteiger partial charge in [0.2, 0.25) is 0 Å². The van der Waals surface area contributed by atoms with Gasteiger partial charge in [-0.3, -0.25) is 9.89 Å². The first-order chi connectivity index (χ1) is 14.4. The molecule has 0 aliphatic carbocycles. The first kappa shape index (κ1) is 22.5. The second kappa shape index (κ2) is 10.2. The van der Waals surface area contributed by atoms with E-state index in [0.29, 0.717) is 32.3 Å². The zero-order valence-corrected chi connectivity index (χ0v) is 17.8. The van der Waals surface area contributed by atoms with Crippen molar-refractivity contribution in [2.75, 3.05) is 39.9 Å². The van der Waals surface area contributed by atoms with Gasteiger partial charge in [0.15, 0.2) is 5.96 Å². The molecule has 164 valence electrons. The highest BCUT2D eigenvalue weighted by Gasteiger charge is 2.31. The quantitative estimate of drug-likeness (QED) is 0.533. The van der Waals surface area contributed by atoms with Crippen LogP contribution in [0.3, 0.4) is 0 Å². The number of thiazole rings is 1. The molecule has 1 fully saturated rings. The van der Waals surface area contributed by atoms with Gasteiger partial charge in [-0.15, -0.1) is 11.3 Å². The molecule has 0 radical (unpaired) electrons. The van der Waals surface area contributed by atoms with Crippen LogP contribution in [-0.4, -0.2) is 55.7 Å². The molecule has 2 heterocycles. The molecule has 10 heteroatoms. The van der Waals surface area contributed by atoms with Gasteiger partial charge in [0.25, 0.3) is 0 Å². The number of aliphatic imine (C=N–C) groups is 1. The molecule has 1 aliphatic heterocycles. The van der Waals surface area contributed by atoms with Crippen molar-refractivity contribution in [2.45, 2.75) is 25.7 Å². The number of benzene rings is 1. The molecule has 1 saturated heterocycles. The van der Waals surface area contributed by atoms with Gasteiger partial charge in [-0.05, 0) is 24.6 Å². The number of aryl methyl sites for hydroxylation is 1. The molecule has 0 saturated carbocycles. The van der Waals surface area contributed by atoms with Gasteiger partial charge in [-0.1, -0.05) is 12.1 Å². The molecule has 1 aromatic carbocycles. The normalized spacial score (nSPS) is 17.0. The minimum atomic E-state index is -4.34. The Labute approximate surface area is 178 Å². The SMILES string of the molecule is CN=C(NCc1ncc(C)s1)NCC(c1ccc(C(F)(F)F)cc1)N1CCOCC1. The van der Waals surface area contributed by atoms with Crippen molar-refractivity contribution >= 4 is 17.3 Å². The number of guanidine groups is 1. The molecule has 1 atom stereocenters. The highest BCUT2D eigenvalue weighted by molar-refractivity contribution is 7.11. The number of hydrogen-bond donors (Lipinski definition) is 2. The van der Waals surface area contributed by atoms with E-state index in [1.54, 1.807) is 30.5 Å². The summed E-state index contributed by atoms with van der Waals surface area (Å²) < 4.78 is 44.2. The average Bonchev–Trinajstić information content (AvgIpc) is 3.16. The van der Waals surface area contributed by atoms with E-state index < -0.39 is 11.7 Å². The standard InChI is InChI=1S/C20H26F3N5OS/c1-14-11-25-18(30-14)13-27-19(24-2)26-12-17(28-7-9-29-10-8-28)15-3-5-16(6-4-15)20(21,22)23/h3-6,11,17H,7-10,12-13H2,1-2H3,(H2,24,26,27). The van der Waals surface area contributed by atoms with Crippen LogP contribution in [0.5, 0.6) is 0 Å². The topological polar surface area (TPSA) is 61.8 Å². The lowest BCUT2D eigenvalue weighted by Gasteiger charge is -2.35. The number of hydrogen-bond acceptors (Lipinski definition) is 5. The van der Waals surface area contributed by atoms with Gasteiger partial charge in [-0.2, -0.15) is 13.2 Å². The first-order valence-electron chi connectivity index (χ1n) is 9.71. The maximum absolute atomic E-state index is 12.9. The number of nitrogens with one attached hydrogen (secondary N) is 2. The van der Waals surface area contributed by atoms with Gasteiger partial charge in [0.1, 0.15) is 5.01 Å². The molecule has 0 spiro atoms. The van der Waals surface area contributed by atoms with E-state index in [1.165, 1.54) is 0 Å². The Morgan fingerprint density at radius 2 is 1.93 bits per heavy atom. The van der Waals surface area contributed by atoms with Gasteiger partial charge in [-0.25, -0.2) is 4.98 Å². The van der Waals surface area contributed by atoms with Crippen LogP contribution in [0.15, 0.2) is 35.5 Å². The van der Waals surface area contributed by atoms with E-state index in [9.17, 15) is 13.2 Å². The van der Waals surface area contributed by atoms with Crippen LogP contribution in [0, 0.1) is 6.92 Å². The maximum atomic E-state index is 12.9. The summed E-state index contributed by atoms with van der Waals surface area (Å²) >= 11 is 1.62. The lowest BCUT2D eigenvalue weighted by molar-refractivity contribution is -0.137. The zero-order chi connectivity index (χ0) is 21.6. The summed E-state index contributed by atoms with van der Waals surface area (Å²) in [4.78, 5) is 11.9. The predicted octanol–water partition coefficient (Wildman–Crippen LogP) is 3.21. The first-order valence-corrected chi connectivity index (χ1v) is 10.5. The molecule has 2 N–H and O–H groups in total. The summed E-state index contributed by atoms with van der Waals surface area (Å²) in [5.74, 6) is 0.619. The Morgan fingerprint density at radius 3 is 2.50 bits per heavy atom. The number of nitrogens with zero attached hydrogens (tertiary/aromatic N) is 3. The van der Waals surface area contributed by atoms with E-state index in [-0.39, 0.29) is 6.04 Å². The monoisotopic (exact) mass is 441 g/mol. The van der Waals surface area contributed by atoms with E-state index in [4.69, 9.17) is 4.74 Å². The molecule has 1 aromatic heterocycles. The maximum Gasteiger partial charge on any atom is 0.416 e. The van der Waals surface area contributed by atoms with E-state index in [1.807, 2.05) is 13.1 Å². The Bertz CT molecular complexity index is 832. The summed E-state index contributed by atoms with van der Waals surface area (Å²) in [6, 6.07) is 5.29. The summed E-state index contributed by atoms with van der Waals surface area (Å²) in [6.07, 6.45) is -2.51. The number of morpholine rings is 1. The van der Waals surface area contributed by atoms with E-state index >= 15 is 0 Å².